The summed E-state index contributed by atoms with van der Waals surface area (Å²) in [4.78, 5) is 1.86. The zero-order chi connectivity index (χ0) is 11.8. The second-order valence-corrected chi connectivity index (χ2v) is 4.42. The third kappa shape index (κ3) is 3.85. The first-order valence-corrected chi connectivity index (χ1v) is 5.90. The van der Waals surface area contributed by atoms with E-state index in [0.717, 1.165) is 15.4 Å². The second-order valence-electron chi connectivity index (χ2n) is 3.25. The largest absolute Gasteiger partial charge is 0.392 e. The minimum absolute atomic E-state index is 0.0399. The van der Waals surface area contributed by atoms with Crippen LogP contribution in [0.3, 0.4) is 0 Å². The highest BCUT2D eigenvalue weighted by atomic mass is 32.2. The van der Waals surface area contributed by atoms with E-state index in [1.54, 1.807) is 6.08 Å². The van der Waals surface area contributed by atoms with E-state index in [1.165, 1.54) is 11.8 Å². The molecule has 0 saturated heterocycles. The van der Waals surface area contributed by atoms with E-state index >= 15 is 0 Å². The molecule has 0 aliphatic rings. The number of rotatable bonds is 6. The molecule has 0 bridgehead atoms. The van der Waals surface area contributed by atoms with Crippen LogP contribution in [-0.4, -0.2) is 23.4 Å². The number of hydrogen-bond donors (Lipinski definition) is 2. The number of allylic oxidation sites excluding steroid dienone is 1. The summed E-state index contributed by atoms with van der Waals surface area (Å²) in [5, 5.41) is 18.5. The molecule has 0 amide bonds. The number of hydrogen-bond acceptors (Lipinski definition) is 3. The van der Waals surface area contributed by atoms with Crippen LogP contribution in [0.1, 0.15) is 6.42 Å². The Bertz CT molecular complexity index is 357. The molecule has 0 atom stereocenters. The molecule has 0 aliphatic carbocycles. The fourth-order valence-electron chi connectivity index (χ4n) is 1.29. The predicted octanol–water partition coefficient (Wildman–Crippen LogP) is 2.59. The van der Waals surface area contributed by atoms with Crippen molar-refractivity contribution in [1.29, 1.82) is 0 Å². The Balaban J connectivity index is 2.85. The molecule has 1 aromatic carbocycles. The zero-order valence-corrected chi connectivity index (χ0v) is 9.91. The van der Waals surface area contributed by atoms with Crippen LogP contribution in [0.25, 0.3) is 0 Å². The predicted molar refractivity (Wildman–Crippen MR) is 68.3 cm³/mol. The third-order valence-electron chi connectivity index (χ3n) is 2.10. The van der Waals surface area contributed by atoms with E-state index in [4.69, 9.17) is 0 Å². The summed E-state index contributed by atoms with van der Waals surface area (Å²) < 4.78 is 0. The topological polar surface area (TPSA) is 40.5 Å². The highest BCUT2D eigenvalue weighted by Crippen LogP contribution is 2.29. The van der Waals surface area contributed by atoms with Crippen LogP contribution in [0.4, 0.5) is 0 Å². The van der Waals surface area contributed by atoms with Crippen molar-refractivity contribution in [3.05, 3.63) is 53.5 Å². The minimum Gasteiger partial charge on any atom is -0.392 e. The van der Waals surface area contributed by atoms with Crippen LogP contribution in [0.2, 0.25) is 0 Å². The van der Waals surface area contributed by atoms with Gasteiger partial charge in [-0.1, -0.05) is 36.0 Å². The van der Waals surface area contributed by atoms with Crippen molar-refractivity contribution in [1.82, 2.24) is 0 Å². The van der Waals surface area contributed by atoms with Crippen LogP contribution in [-0.2, 0) is 0 Å². The van der Waals surface area contributed by atoms with Crippen LogP contribution in [0.5, 0.6) is 0 Å². The molecule has 0 saturated carbocycles. The number of aliphatic hydroxyl groups is 2. The summed E-state index contributed by atoms with van der Waals surface area (Å²) in [6.45, 7) is 3.54. The Kier molecular flexibility index (Phi) is 5.93. The van der Waals surface area contributed by atoms with Gasteiger partial charge >= 0.3 is 0 Å². The lowest BCUT2D eigenvalue weighted by molar-refractivity contribution is 0.315. The average molecular weight is 236 g/mol. The van der Waals surface area contributed by atoms with Gasteiger partial charge in [-0.2, -0.15) is 0 Å². The summed E-state index contributed by atoms with van der Waals surface area (Å²) in [6, 6.07) is 9.79. The maximum atomic E-state index is 9.29. The van der Waals surface area contributed by atoms with Crippen LogP contribution >= 0.6 is 11.8 Å². The Labute approximate surface area is 100 Å². The van der Waals surface area contributed by atoms with Crippen molar-refractivity contribution < 1.29 is 10.2 Å². The third-order valence-corrected chi connectivity index (χ3v) is 3.28. The van der Waals surface area contributed by atoms with Gasteiger partial charge in [0.15, 0.2) is 0 Å². The van der Waals surface area contributed by atoms with E-state index in [0.29, 0.717) is 6.42 Å². The molecule has 16 heavy (non-hydrogen) atoms. The van der Waals surface area contributed by atoms with Crippen LogP contribution in [0, 0.1) is 0 Å². The molecule has 2 nitrogen and oxygen atoms in total. The molecule has 0 fully saturated rings. The van der Waals surface area contributed by atoms with Gasteiger partial charge in [0.05, 0.1) is 13.2 Å². The van der Waals surface area contributed by atoms with Gasteiger partial charge in [-0.05, 0) is 24.1 Å². The Hall–Kier alpha value is -1.03. The Morgan fingerprint density at radius 1 is 1.19 bits per heavy atom. The molecule has 86 valence electrons. The van der Waals surface area contributed by atoms with Gasteiger partial charge in [-0.25, -0.2) is 0 Å². The molecule has 0 aliphatic heterocycles. The Morgan fingerprint density at radius 2 is 1.88 bits per heavy atom. The van der Waals surface area contributed by atoms with Gasteiger partial charge in [-0.3, -0.25) is 0 Å². The van der Waals surface area contributed by atoms with Gasteiger partial charge in [0.25, 0.3) is 0 Å². The van der Waals surface area contributed by atoms with Crippen molar-refractivity contribution in [2.75, 3.05) is 13.2 Å². The standard InChI is InChI=1S/C13H16O2S/c1-2-6-11(9-14)13(10-15)16-12-7-4-3-5-8-12/h2-5,7-8,14-15H,1,6,9-10H2. The molecule has 0 spiro atoms. The highest BCUT2D eigenvalue weighted by Gasteiger charge is 2.06. The van der Waals surface area contributed by atoms with Gasteiger partial charge in [0, 0.05) is 9.80 Å². The molecule has 0 heterocycles. The molecular weight excluding hydrogens is 220 g/mol. The lowest BCUT2D eigenvalue weighted by Gasteiger charge is -2.09. The van der Waals surface area contributed by atoms with E-state index in [1.807, 2.05) is 30.3 Å². The molecular formula is C13H16O2S. The number of benzene rings is 1. The van der Waals surface area contributed by atoms with Gasteiger partial charge in [-0.15, -0.1) is 6.58 Å². The van der Waals surface area contributed by atoms with Gasteiger partial charge in [0.1, 0.15) is 0 Å². The van der Waals surface area contributed by atoms with Crippen LogP contribution < -0.4 is 0 Å². The molecule has 2 N–H and O–H groups in total. The van der Waals surface area contributed by atoms with Gasteiger partial charge in [0.2, 0.25) is 0 Å². The van der Waals surface area contributed by atoms with Crippen molar-refractivity contribution in [2.24, 2.45) is 0 Å². The summed E-state index contributed by atoms with van der Waals surface area (Å²) in [7, 11) is 0. The molecule has 1 aromatic rings. The van der Waals surface area contributed by atoms with Crippen molar-refractivity contribution in [3.8, 4) is 0 Å². The first kappa shape index (κ1) is 13.0. The molecule has 3 heteroatoms. The quantitative estimate of drug-likeness (QED) is 0.589. The van der Waals surface area contributed by atoms with E-state index < -0.39 is 0 Å². The van der Waals surface area contributed by atoms with Crippen LogP contribution in [0.15, 0.2) is 58.4 Å². The minimum atomic E-state index is -0.0523. The summed E-state index contributed by atoms with van der Waals surface area (Å²) in [5.74, 6) is 0. The highest BCUT2D eigenvalue weighted by molar-refractivity contribution is 8.03. The maximum absolute atomic E-state index is 9.29. The normalized spacial score (nSPS) is 12.1. The lowest BCUT2D eigenvalue weighted by atomic mass is 10.2. The second kappa shape index (κ2) is 7.28. The first-order valence-electron chi connectivity index (χ1n) is 5.08. The van der Waals surface area contributed by atoms with E-state index in [-0.39, 0.29) is 13.2 Å². The average Bonchev–Trinajstić information content (AvgIpc) is 2.35. The summed E-state index contributed by atoms with van der Waals surface area (Å²) in [6.07, 6.45) is 2.33. The molecule has 1 rings (SSSR count). The van der Waals surface area contributed by atoms with Crippen molar-refractivity contribution in [3.63, 3.8) is 0 Å². The monoisotopic (exact) mass is 236 g/mol. The van der Waals surface area contributed by atoms with E-state index in [2.05, 4.69) is 6.58 Å². The van der Waals surface area contributed by atoms with Crippen molar-refractivity contribution in [2.45, 2.75) is 11.3 Å². The lowest BCUT2D eigenvalue weighted by Crippen LogP contribution is -1.98. The van der Waals surface area contributed by atoms with E-state index in [9.17, 15) is 10.2 Å². The summed E-state index contributed by atoms with van der Waals surface area (Å²) in [5.41, 5.74) is 0.825. The molecule has 0 unspecified atom stereocenters. The Morgan fingerprint density at radius 3 is 2.38 bits per heavy atom. The smallest absolute Gasteiger partial charge is 0.0744 e. The number of aliphatic hydroxyl groups excluding tert-OH is 2. The molecule has 0 radical (unpaired) electrons. The SMILES string of the molecule is C=CCC(CO)=C(CO)Sc1ccccc1. The molecule has 0 aromatic heterocycles. The fraction of sp³-hybridized carbons (Fsp3) is 0.231. The zero-order valence-electron chi connectivity index (χ0n) is 9.10. The fourth-order valence-corrected chi connectivity index (χ4v) is 2.22. The van der Waals surface area contributed by atoms with Gasteiger partial charge < -0.3 is 10.2 Å². The van der Waals surface area contributed by atoms with Crippen molar-refractivity contribution >= 4 is 11.8 Å². The number of thioether (sulfide) groups is 1. The summed E-state index contributed by atoms with van der Waals surface area (Å²) >= 11 is 1.48. The first-order chi connectivity index (χ1) is 7.81. The maximum Gasteiger partial charge on any atom is 0.0744 e.